The van der Waals surface area contributed by atoms with E-state index >= 15 is 0 Å². The zero-order chi connectivity index (χ0) is 30.9. The summed E-state index contributed by atoms with van der Waals surface area (Å²) in [7, 11) is -2.52. The first kappa shape index (κ1) is 31.8. The number of hydrogen-bond donors (Lipinski definition) is 4. The van der Waals surface area contributed by atoms with Gasteiger partial charge in [0.15, 0.2) is 6.23 Å². The first-order valence-electron chi connectivity index (χ1n) is 12.3. The maximum atomic E-state index is 13.3. The summed E-state index contributed by atoms with van der Waals surface area (Å²) in [5.74, 6) is -2.48. The number of aliphatic hydroxyl groups is 2. The molecule has 5 N–H and O–H groups in total. The van der Waals surface area contributed by atoms with Crippen molar-refractivity contribution in [2.75, 3.05) is 26.1 Å². The molecule has 0 aliphatic carbocycles. The maximum absolute atomic E-state index is 13.3. The van der Waals surface area contributed by atoms with Crippen molar-refractivity contribution in [1.29, 1.82) is 0 Å². The number of aliphatic hydroxyl groups excluding tert-OH is 1. The molecule has 0 bridgehead atoms. The number of nitrogens with two attached hydrogens (primary N) is 1. The third-order valence-corrected chi connectivity index (χ3v) is 8.01. The number of phosphoric acid groups is 1. The number of benzene rings is 1. The Balaban J connectivity index is 0.000000517. The lowest BCUT2D eigenvalue weighted by atomic mass is 9.96. The van der Waals surface area contributed by atoms with Crippen molar-refractivity contribution in [3.63, 3.8) is 0 Å². The molecule has 2 saturated heterocycles. The van der Waals surface area contributed by atoms with Crippen molar-refractivity contribution in [2.24, 2.45) is 0 Å². The smallest absolute Gasteiger partial charge is 0.475 e. The predicted octanol–water partition coefficient (Wildman–Crippen LogP) is 2.58. The lowest BCUT2D eigenvalue weighted by Crippen LogP contribution is -2.44. The van der Waals surface area contributed by atoms with Crippen molar-refractivity contribution >= 4 is 30.6 Å². The molecular weight excluding hydrogens is 592 g/mol. The summed E-state index contributed by atoms with van der Waals surface area (Å²) in [6, 6.07) is 10.9. The lowest BCUT2D eigenvalue weighted by Gasteiger charge is -2.35. The molecular formula is C24H28F3N4O10P. The summed E-state index contributed by atoms with van der Waals surface area (Å²) in [6.45, 7) is 1.06. The van der Waals surface area contributed by atoms with Gasteiger partial charge in [-0.3, -0.25) is 13.6 Å². The molecule has 42 heavy (non-hydrogen) atoms. The second-order valence-electron chi connectivity index (χ2n) is 9.47. The molecule has 230 valence electrons. The first-order chi connectivity index (χ1) is 19.7. The number of anilines is 1. The van der Waals surface area contributed by atoms with Crippen LogP contribution in [-0.2, 0) is 32.4 Å². The summed E-state index contributed by atoms with van der Waals surface area (Å²) in [5, 5.41) is 29.6. The summed E-state index contributed by atoms with van der Waals surface area (Å²) in [5.41, 5.74) is 5.36. The zero-order valence-electron chi connectivity index (χ0n) is 22.1. The number of nitrogens with zero attached hydrogens (tertiary/aromatic N) is 3. The largest absolute Gasteiger partial charge is 0.490 e. The molecule has 14 nitrogen and oxygen atoms in total. The number of halogens is 3. The number of carboxylic acids is 1. The van der Waals surface area contributed by atoms with Crippen LogP contribution in [0, 0.1) is 0 Å². The van der Waals surface area contributed by atoms with E-state index in [0.717, 1.165) is 5.56 Å². The van der Waals surface area contributed by atoms with Gasteiger partial charge in [0, 0.05) is 13.3 Å². The minimum Gasteiger partial charge on any atom is -0.475 e. The molecule has 0 spiro atoms. The number of nitrogen functional groups attached to an aromatic ring is 1. The Morgan fingerprint density at radius 3 is 2.55 bits per heavy atom. The van der Waals surface area contributed by atoms with Crippen LogP contribution < -0.4 is 5.73 Å². The van der Waals surface area contributed by atoms with Crippen LogP contribution >= 0.6 is 7.82 Å². The van der Waals surface area contributed by atoms with E-state index in [1.54, 1.807) is 16.8 Å². The second-order valence-corrected chi connectivity index (χ2v) is 11.1. The van der Waals surface area contributed by atoms with Crippen LogP contribution in [-0.4, -0.2) is 86.2 Å². The number of aliphatic carboxylic acids is 1. The zero-order valence-corrected chi connectivity index (χ0v) is 23.0. The van der Waals surface area contributed by atoms with E-state index in [-0.39, 0.29) is 19.0 Å². The third kappa shape index (κ3) is 6.58. The molecule has 3 aromatic rings. The van der Waals surface area contributed by atoms with E-state index in [4.69, 9.17) is 38.7 Å². The number of carbonyl (C=O) groups is 1. The van der Waals surface area contributed by atoms with Crippen LogP contribution in [0.25, 0.3) is 11.0 Å². The number of ether oxygens (including phenoxy) is 2. The molecule has 2 aliphatic heterocycles. The Bertz CT molecular complexity index is 1440. The van der Waals surface area contributed by atoms with E-state index in [1.807, 2.05) is 30.3 Å². The normalized spacial score (nSPS) is 31.5. The summed E-state index contributed by atoms with van der Waals surface area (Å²) >= 11 is 0. The van der Waals surface area contributed by atoms with Crippen LogP contribution in [0.4, 0.5) is 19.0 Å². The van der Waals surface area contributed by atoms with Gasteiger partial charge in [0.1, 0.15) is 47.8 Å². The average Bonchev–Trinajstić information content (AvgIpc) is 3.47. The quantitative estimate of drug-likeness (QED) is 0.294. The van der Waals surface area contributed by atoms with Crippen molar-refractivity contribution in [3.05, 3.63) is 54.5 Å². The Kier molecular flexibility index (Phi) is 9.25. The molecule has 2 aromatic heterocycles. The SMILES string of the molecule is CO[C@@H]1CO[P@](=O)(OC[C@H]2O[C@@H](n3ccc4c(N)ncnc43)[C@](C)(O)[C@@H]2O)O[C@H]1c1ccccc1.O=C(O)C(F)(F)F. The van der Waals surface area contributed by atoms with Gasteiger partial charge in [-0.05, 0) is 18.6 Å². The highest BCUT2D eigenvalue weighted by molar-refractivity contribution is 7.48. The van der Waals surface area contributed by atoms with Gasteiger partial charge in [-0.25, -0.2) is 19.3 Å². The van der Waals surface area contributed by atoms with E-state index in [0.29, 0.717) is 11.0 Å². The van der Waals surface area contributed by atoms with Gasteiger partial charge in [-0.15, -0.1) is 0 Å². The molecule has 5 rings (SSSR count). The number of fused-ring (bicyclic) bond motifs is 1. The number of rotatable bonds is 6. The molecule has 2 aliphatic rings. The van der Waals surface area contributed by atoms with E-state index in [2.05, 4.69) is 9.97 Å². The number of methoxy groups -OCH3 is 1. The van der Waals surface area contributed by atoms with Gasteiger partial charge in [0.2, 0.25) is 0 Å². The van der Waals surface area contributed by atoms with Crippen LogP contribution in [0.5, 0.6) is 0 Å². The average molecular weight is 620 g/mol. The number of aromatic nitrogens is 3. The van der Waals surface area contributed by atoms with Gasteiger partial charge in [-0.2, -0.15) is 13.2 Å². The fourth-order valence-electron chi connectivity index (χ4n) is 4.39. The summed E-state index contributed by atoms with van der Waals surface area (Å²) in [4.78, 5) is 17.1. The first-order valence-corrected chi connectivity index (χ1v) is 13.7. The van der Waals surface area contributed by atoms with Crippen LogP contribution in [0.15, 0.2) is 48.9 Å². The molecule has 0 radical (unpaired) electrons. The monoisotopic (exact) mass is 620 g/mol. The van der Waals surface area contributed by atoms with Gasteiger partial charge >= 0.3 is 20.0 Å². The lowest BCUT2D eigenvalue weighted by molar-refractivity contribution is -0.192. The molecule has 0 saturated carbocycles. The highest BCUT2D eigenvalue weighted by Crippen LogP contribution is 2.58. The van der Waals surface area contributed by atoms with Crippen molar-refractivity contribution in [2.45, 2.75) is 49.3 Å². The van der Waals surface area contributed by atoms with Gasteiger partial charge < -0.3 is 35.1 Å². The van der Waals surface area contributed by atoms with Gasteiger partial charge in [-0.1, -0.05) is 30.3 Å². The van der Waals surface area contributed by atoms with Crippen LogP contribution in [0.2, 0.25) is 0 Å². The van der Waals surface area contributed by atoms with Crippen LogP contribution in [0.1, 0.15) is 24.8 Å². The maximum Gasteiger partial charge on any atom is 0.490 e. The summed E-state index contributed by atoms with van der Waals surface area (Å²) < 4.78 is 74.6. The highest BCUT2D eigenvalue weighted by atomic mass is 31.2. The Morgan fingerprint density at radius 2 is 1.93 bits per heavy atom. The fourth-order valence-corrected chi connectivity index (χ4v) is 5.78. The summed E-state index contributed by atoms with van der Waals surface area (Å²) in [6.07, 6.45) is -6.76. The molecule has 1 aromatic carbocycles. The van der Waals surface area contributed by atoms with E-state index < -0.39 is 56.2 Å². The molecule has 2 fully saturated rings. The molecule has 0 unspecified atom stereocenters. The topological polar surface area (TPSA) is 198 Å². The predicted molar refractivity (Wildman–Crippen MR) is 137 cm³/mol. The van der Waals surface area contributed by atoms with Gasteiger partial charge in [0.05, 0.1) is 18.6 Å². The van der Waals surface area contributed by atoms with Crippen LogP contribution in [0.3, 0.4) is 0 Å². The van der Waals surface area contributed by atoms with E-state index in [1.165, 1.54) is 20.4 Å². The molecule has 7 atom stereocenters. The number of carboxylic acid groups (broad SMARTS) is 1. The van der Waals surface area contributed by atoms with Gasteiger partial charge in [0.25, 0.3) is 0 Å². The van der Waals surface area contributed by atoms with E-state index in [9.17, 15) is 27.9 Å². The minimum atomic E-state index is -5.08. The highest BCUT2D eigenvalue weighted by Gasteiger charge is 2.54. The second kappa shape index (κ2) is 12.2. The number of hydrogen-bond acceptors (Lipinski definition) is 12. The standard InChI is InChI=1S/C22H27N4O8P.C2HF3O2/c1-22(28)18(27)16(33-21(22)26-9-8-14-19(23)24-12-25-20(14)26)11-32-35(29)31-10-15(30-2)17(34-35)13-6-4-3-5-7-13;3-2(4,5)1(6)7/h3-9,12,15-18,21,27-28H,10-11H2,1-2H3,(H2,23,24,25);(H,6,7)/t15-,16-,17+,18-,21-,22-,35-;/m1./s1. The molecule has 0 amide bonds. The Morgan fingerprint density at radius 1 is 1.26 bits per heavy atom. The molecule has 4 heterocycles. The minimum absolute atomic E-state index is 0.0156. The Hall–Kier alpha value is -3.15. The Labute approximate surface area is 236 Å². The molecule has 18 heteroatoms. The number of phosphoric ester groups is 1. The fraction of sp³-hybridized carbons (Fsp3) is 0.458. The van der Waals surface area contributed by atoms with Crippen molar-refractivity contribution in [1.82, 2.24) is 14.5 Å². The number of alkyl halides is 3. The third-order valence-electron chi connectivity index (χ3n) is 6.59. The van der Waals surface area contributed by atoms with Crippen molar-refractivity contribution < 1.29 is 60.9 Å². The van der Waals surface area contributed by atoms with Crippen molar-refractivity contribution in [3.8, 4) is 0 Å².